The van der Waals surface area contributed by atoms with Gasteiger partial charge in [-0.2, -0.15) is 0 Å². The number of nitrogens with one attached hydrogen (secondary N) is 1. The van der Waals surface area contributed by atoms with Gasteiger partial charge >= 0.3 is 0 Å². The molecule has 0 spiro atoms. The van der Waals surface area contributed by atoms with Gasteiger partial charge in [-0.1, -0.05) is 29.5 Å². The molecule has 2 aromatic heterocycles. The number of pyridine rings is 1. The van der Waals surface area contributed by atoms with Gasteiger partial charge in [0.25, 0.3) is 5.91 Å². The van der Waals surface area contributed by atoms with Crippen LogP contribution in [0.4, 0.5) is 5.69 Å². The number of hydrogen-bond donors (Lipinski definition) is 1. The minimum absolute atomic E-state index is 0.0659. The van der Waals surface area contributed by atoms with Crippen LogP contribution in [0.5, 0.6) is 23.0 Å². The minimum Gasteiger partial charge on any atom is -0.497 e. The van der Waals surface area contributed by atoms with Gasteiger partial charge in [0.15, 0.2) is 11.5 Å². The lowest BCUT2D eigenvalue weighted by molar-refractivity contribution is -0.140. The molecule has 0 saturated heterocycles. The number of carbonyl (C=O) groups excluding carboxylic acids is 2. The van der Waals surface area contributed by atoms with Crippen LogP contribution in [0.3, 0.4) is 0 Å². The predicted octanol–water partition coefficient (Wildman–Crippen LogP) is 3.98. The summed E-state index contributed by atoms with van der Waals surface area (Å²) in [5.41, 5.74) is 3.03. The fraction of sp³-hybridized carbons (Fsp3) is 0.194. The molecular weight excluding hydrogens is 552 g/mol. The summed E-state index contributed by atoms with van der Waals surface area (Å²) >= 11 is 0. The molecule has 3 heterocycles. The zero-order chi connectivity index (χ0) is 29.8. The van der Waals surface area contributed by atoms with E-state index in [9.17, 15) is 9.59 Å². The molecule has 1 aliphatic heterocycles. The molecule has 3 aromatic carbocycles. The summed E-state index contributed by atoms with van der Waals surface area (Å²) in [6, 6.07) is 20.1. The molecule has 12 heteroatoms. The molecule has 1 atom stereocenters. The Morgan fingerprint density at radius 2 is 1.86 bits per heavy atom. The lowest BCUT2D eigenvalue weighted by Crippen LogP contribution is -2.42. The van der Waals surface area contributed by atoms with Crippen molar-refractivity contribution in [3.8, 4) is 23.0 Å². The van der Waals surface area contributed by atoms with Gasteiger partial charge in [0.05, 0.1) is 25.4 Å². The van der Waals surface area contributed by atoms with Crippen LogP contribution in [0.15, 0.2) is 85.2 Å². The first kappa shape index (κ1) is 27.5. The fourth-order valence-corrected chi connectivity index (χ4v) is 4.92. The van der Waals surface area contributed by atoms with Gasteiger partial charge in [-0.25, -0.2) is 4.68 Å². The van der Waals surface area contributed by atoms with E-state index in [4.69, 9.17) is 18.9 Å². The van der Waals surface area contributed by atoms with Crippen LogP contribution in [-0.2, 0) is 22.7 Å². The molecule has 1 aliphatic rings. The fourth-order valence-electron chi connectivity index (χ4n) is 4.92. The monoisotopic (exact) mass is 580 g/mol. The Bertz CT molecular complexity index is 1780. The summed E-state index contributed by atoms with van der Waals surface area (Å²) in [5, 5.41) is 11.3. The Morgan fingerprint density at radius 3 is 2.67 bits per heavy atom. The van der Waals surface area contributed by atoms with Gasteiger partial charge in [-0.05, 0) is 53.6 Å². The molecule has 1 N–H and O–H groups in total. The van der Waals surface area contributed by atoms with Crippen molar-refractivity contribution in [3.63, 3.8) is 0 Å². The molecule has 43 heavy (non-hydrogen) atoms. The highest BCUT2D eigenvalue weighted by molar-refractivity contribution is 5.99. The molecule has 2 amide bonds. The number of aromatic nitrogens is 4. The maximum absolute atomic E-state index is 14.3. The Kier molecular flexibility index (Phi) is 7.72. The zero-order valence-corrected chi connectivity index (χ0v) is 23.5. The number of rotatable bonds is 10. The molecule has 0 saturated carbocycles. The van der Waals surface area contributed by atoms with Gasteiger partial charge in [-0.15, -0.1) is 5.10 Å². The summed E-state index contributed by atoms with van der Waals surface area (Å²) < 4.78 is 23.5. The molecule has 0 aliphatic carbocycles. The average Bonchev–Trinajstić information content (AvgIpc) is 3.68. The van der Waals surface area contributed by atoms with Crippen LogP contribution >= 0.6 is 0 Å². The van der Waals surface area contributed by atoms with E-state index in [1.807, 2.05) is 30.3 Å². The highest BCUT2D eigenvalue weighted by Gasteiger charge is 2.34. The second-order valence-electron chi connectivity index (χ2n) is 9.69. The standard InChI is InChI=1S/C31H28N6O6/c1-40-22-10-11-24(27(15-22)41-2)33-31(39)30(21-9-12-26-28(14-21)43-19-42-26)36(17-20-6-5-13-32-16-20)29(38)18-37-25-8-4-3-7-23(25)34-35-37/h3-16,30H,17-19H2,1-2H3,(H,33,39). The van der Waals surface area contributed by atoms with Gasteiger partial charge < -0.3 is 29.2 Å². The predicted molar refractivity (Wildman–Crippen MR) is 156 cm³/mol. The summed E-state index contributed by atoms with van der Waals surface area (Å²) in [7, 11) is 3.05. The number of nitrogens with zero attached hydrogens (tertiary/aromatic N) is 5. The molecule has 0 bridgehead atoms. The maximum Gasteiger partial charge on any atom is 0.251 e. The summed E-state index contributed by atoms with van der Waals surface area (Å²) in [6.07, 6.45) is 3.31. The zero-order valence-electron chi connectivity index (χ0n) is 23.5. The number of anilines is 1. The summed E-state index contributed by atoms with van der Waals surface area (Å²) in [4.78, 5) is 34.2. The molecule has 12 nitrogen and oxygen atoms in total. The van der Waals surface area contributed by atoms with Crippen molar-refractivity contribution in [1.82, 2.24) is 24.9 Å². The number of carbonyl (C=O) groups is 2. The van der Waals surface area contributed by atoms with E-state index in [2.05, 4.69) is 20.6 Å². The summed E-state index contributed by atoms with van der Waals surface area (Å²) in [5.74, 6) is 1.17. The van der Waals surface area contributed by atoms with E-state index in [1.54, 1.807) is 62.0 Å². The number of benzene rings is 3. The molecule has 1 unspecified atom stereocenters. The van der Waals surface area contributed by atoms with Crippen LogP contribution in [0.25, 0.3) is 11.0 Å². The third kappa shape index (κ3) is 5.75. The van der Waals surface area contributed by atoms with Crippen molar-refractivity contribution in [2.24, 2.45) is 0 Å². The first-order valence-electron chi connectivity index (χ1n) is 13.4. The van der Waals surface area contributed by atoms with Crippen LogP contribution in [0, 0.1) is 0 Å². The Morgan fingerprint density at radius 1 is 1.00 bits per heavy atom. The smallest absolute Gasteiger partial charge is 0.251 e. The number of hydrogen-bond acceptors (Lipinski definition) is 9. The van der Waals surface area contributed by atoms with Crippen molar-refractivity contribution < 1.29 is 28.5 Å². The van der Waals surface area contributed by atoms with Crippen molar-refractivity contribution in [2.75, 3.05) is 26.3 Å². The van der Waals surface area contributed by atoms with E-state index in [0.717, 1.165) is 5.56 Å². The third-order valence-corrected chi connectivity index (χ3v) is 7.04. The van der Waals surface area contributed by atoms with E-state index >= 15 is 0 Å². The minimum atomic E-state index is -1.09. The van der Waals surface area contributed by atoms with Crippen molar-refractivity contribution in [3.05, 3.63) is 96.3 Å². The van der Waals surface area contributed by atoms with E-state index in [-0.39, 0.29) is 25.8 Å². The first-order valence-corrected chi connectivity index (χ1v) is 13.4. The Balaban J connectivity index is 1.42. The largest absolute Gasteiger partial charge is 0.497 e. The lowest BCUT2D eigenvalue weighted by Gasteiger charge is -2.32. The summed E-state index contributed by atoms with van der Waals surface area (Å²) in [6.45, 7) is 0.00292. The van der Waals surface area contributed by atoms with Gasteiger partial charge in [0, 0.05) is 25.0 Å². The quantitative estimate of drug-likeness (QED) is 0.261. The van der Waals surface area contributed by atoms with Crippen molar-refractivity contribution in [2.45, 2.75) is 19.1 Å². The number of ether oxygens (including phenoxy) is 4. The second kappa shape index (κ2) is 12.1. The Labute approximate surface area is 246 Å². The highest BCUT2D eigenvalue weighted by Crippen LogP contribution is 2.37. The van der Waals surface area contributed by atoms with Crippen molar-refractivity contribution in [1.29, 1.82) is 0 Å². The lowest BCUT2D eigenvalue weighted by atomic mass is 10.0. The van der Waals surface area contributed by atoms with Gasteiger partial charge in [0.2, 0.25) is 12.7 Å². The SMILES string of the molecule is COc1ccc(NC(=O)C(c2ccc3c(c2)OCO3)N(Cc2cccnc2)C(=O)Cn2nnc3ccccc32)c(OC)c1. The Hall–Kier alpha value is -5.65. The molecule has 218 valence electrons. The molecule has 0 fully saturated rings. The van der Waals surface area contributed by atoms with E-state index in [1.165, 1.54) is 16.7 Å². The number of para-hydroxylation sites is 1. The van der Waals surface area contributed by atoms with Crippen molar-refractivity contribution >= 4 is 28.5 Å². The molecule has 0 radical (unpaired) electrons. The van der Waals surface area contributed by atoms with E-state index < -0.39 is 11.9 Å². The van der Waals surface area contributed by atoms with E-state index in [0.29, 0.717) is 45.3 Å². The molecule has 5 aromatic rings. The topological polar surface area (TPSA) is 130 Å². The first-order chi connectivity index (χ1) is 21.0. The van der Waals surface area contributed by atoms with Crippen LogP contribution in [0.1, 0.15) is 17.2 Å². The second-order valence-corrected chi connectivity index (χ2v) is 9.69. The molecule has 6 rings (SSSR count). The number of fused-ring (bicyclic) bond motifs is 2. The third-order valence-electron chi connectivity index (χ3n) is 7.04. The van der Waals surface area contributed by atoms with Gasteiger partial charge in [0.1, 0.15) is 29.6 Å². The number of amides is 2. The van der Waals surface area contributed by atoms with Crippen LogP contribution in [0.2, 0.25) is 0 Å². The maximum atomic E-state index is 14.3. The van der Waals surface area contributed by atoms with Crippen LogP contribution in [-0.4, -0.2) is 57.7 Å². The molecular formula is C31H28N6O6. The van der Waals surface area contributed by atoms with Crippen LogP contribution < -0.4 is 24.3 Å². The van der Waals surface area contributed by atoms with Gasteiger partial charge in [-0.3, -0.25) is 14.6 Å². The average molecular weight is 581 g/mol. The normalized spacial score (nSPS) is 12.5. The highest BCUT2D eigenvalue weighted by atomic mass is 16.7. The number of methoxy groups -OCH3 is 2.